The smallest absolute Gasteiger partial charge is 0.115 e. The fraction of sp³-hybridized carbons (Fsp3) is 0.586. The number of piperidine rings is 1. The van der Waals surface area contributed by atoms with Crippen molar-refractivity contribution >= 4 is 0 Å². The van der Waals surface area contributed by atoms with Gasteiger partial charge < -0.3 is 20.4 Å². The fourth-order valence-electron chi connectivity index (χ4n) is 5.87. The van der Waals surface area contributed by atoms with E-state index in [-0.39, 0.29) is 5.41 Å². The van der Waals surface area contributed by atoms with Gasteiger partial charge in [0, 0.05) is 19.1 Å². The molecule has 4 nitrogen and oxygen atoms in total. The predicted octanol–water partition coefficient (Wildman–Crippen LogP) is 5.12. The third kappa shape index (κ3) is 5.55. The van der Waals surface area contributed by atoms with Crippen LogP contribution < -0.4 is 5.32 Å². The van der Waals surface area contributed by atoms with Gasteiger partial charge in [0.2, 0.25) is 0 Å². The molecule has 0 radical (unpaired) electrons. The molecule has 180 valence electrons. The molecule has 3 N–H and O–H groups in total. The number of aryl methyl sites for hydroxylation is 1. The van der Waals surface area contributed by atoms with E-state index in [1.807, 2.05) is 24.3 Å². The van der Waals surface area contributed by atoms with E-state index in [0.29, 0.717) is 35.3 Å². The maximum Gasteiger partial charge on any atom is 0.115 e. The Labute approximate surface area is 200 Å². The van der Waals surface area contributed by atoms with Crippen LogP contribution in [0.5, 0.6) is 11.5 Å². The van der Waals surface area contributed by atoms with Crippen LogP contribution in [-0.2, 0) is 18.3 Å². The van der Waals surface area contributed by atoms with Gasteiger partial charge in [0.05, 0.1) is 0 Å². The molecule has 4 heteroatoms. The summed E-state index contributed by atoms with van der Waals surface area (Å²) >= 11 is 0. The molecule has 0 aromatic heterocycles. The average Bonchev–Trinajstić information content (AvgIpc) is 2.78. The Morgan fingerprint density at radius 2 is 1.88 bits per heavy atom. The van der Waals surface area contributed by atoms with Gasteiger partial charge in [0.15, 0.2) is 0 Å². The second-order valence-electron chi connectivity index (χ2n) is 11.2. The Balaban J connectivity index is 1.32. The second kappa shape index (κ2) is 10.1. The molecule has 33 heavy (non-hydrogen) atoms. The van der Waals surface area contributed by atoms with E-state index < -0.39 is 0 Å². The first-order valence-electron chi connectivity index (χ1n) is 12.8. The summed E-state index contributed by atoms with van der Waals surface area (Å²) in [6, 6.07) is 14.2. The molecule has 2 aliphatic rings. The summed E-state index contributed by atoms with van der Waals surface area (Å²) in [6.45, 7) is 13.7. The van der Waals surface area contributed by atoms with E-state index in [4.69, 9.17) is 0 Å². The zero-order valence-electron chi connectivity index (χ0n) is 20.8. The standard InChI is InChI=1S/C29H42N2O2/c1-20(2)28(30-17-22-8-9-24-15-27(33)11-10-23(24)14-22)19-31-13-12-29(4,21(3)18-31)25-6-5-7-26(32)16-25/h5-7,10-11,15-16,20-22,28,30,32-33H,8-9,12-14,17-19H2,1-4H3/t21-,22+,28+,29+/m0/s1. The summed E-state index contributed by atoms with van der Waals surface area (Å²) in [5.74, 6) is 2.55. The van der Waals surface area contributed by atoms with E-state index in [2.05, 4.69) is 50.0 Å². The van der Waals surface area contributed by atoms with Gasteiger partial charge >= 0.3 is 0 Å². The largest absolute Gasteiger partial charge is 0.508 e. The van der Waals surface area contributed by atoms with Gasteiger partial charge in [-0.3, -0.25) is 0 Å². The van der Waals surface area contributed by atoms with Crippen molar-refractivity contribution in [3.63, 3.8) is 0 Å². The first-order chi connectivity index (χ1) is 15.7. The minimum Gasteiger partial charge on any atom is -0.508 e. The number of phenols is 2. The maximum absolute atomic E-state index is 9.98. The van der Waals surface area contributed by atoms with Crippen molar-refractivity contribution in [1.82, 2.24) is 10.2 Å². The Hall–Kier alpha value is -2.04. The highest BCUT2D eigenvalue weighted by Gasteiger charge is 2.38. The Bertz CT molecular complexity index is 943. The SMILES string of the molecule is CC(C)[C@@H](CN1CC[C@@](C)(c2cccc(O)c2)[C@@H](C)C1)NC[C@@H]1CCc2cc(O)ccc2C1. The summed E-state index contributed by atoms with van der Waals surface area (Å²) in [5.41, 5.74) is 4.10. The van der Waals surface area contributed by atoms with Gasteiger partial charge in [-0.2, -0.15) is 0 Å². The van der Waals surface area contributed by atoms with Crippen LogP contribution in [0.25, 0.3) is 0 Å². The molecule has 0 amide bonds. The highest BCUT2D eigenvalue weighted by molar-refractivity contribution is 5.37. The number of hydrogen-bond donors (Lipinski definition) is 3. The third-order valence-corrected chi connectivity index (χ3v) is 8.52. The van der Waals surface area contributed by atoms with Crippen LogP contribution >= 0.6 is 0 Å². The van der Waals surface area contributed by atoms with Crippen molar-refractivity contribution in [3.05, 3.63) is 59.2 Å². The Morgan fingerprint density at radius 3 is 2.61 bits per heavy atom. The molecule has 0 unspecified atom stereocenters. The quantitative estimate of drug-likeness (QED) is 0.548. The summed E-state index contributed by atoms with van der Waals surface area (Å²) in [7, 11) is 0. The monoisotopic (exact) mass is 450 g/mol. The molecule has 2 aromatic rings. The van der Waals surface area contributed by atoms with Crippen LogP contribution in [0, 0.1) is 17.8 Å². The molecular formula is C29H42N2O2. The number of phenolic OH excluding ortho intramolecular Hbond substituents is 2. The Kier molecular flexibility index (Phi) is 7.35. The first-order valence-corrected chi connectivity index (χ1v) is 12.8. The van der Waals surface area contributed by atoms with Crippen LogP contribution in [0.15, 0.2) is 42.5 Å². The van der Waals surface area contributed by atoms with Gasteiger partial charge in [-0.05, 0) is 103 Å². The van der Waals surface area contributed by atoms with E-state index in [0.717, 1.165) is 45.4 Å². The normalized spacial score (nSPS) is 26.8. The molecule has 4 rings (SSSR count). The van der Waals surface area contributed by atoms with Gasteiger partial charge in [-0.15, -0.1) is 0 Å². The number of nitrogens with zero attached hydrogens (tertiary/aromatic N) is 1. The van der Waals surface area contributed by atoms with E-state index in [1.165, 1.54) is 23.1 Å². The summed E-state index contributed by atoms with van der Waals surface area (Å²) in [6.07, 6.45) is 4.49. The van der Waals surface area contributed by atoms with Crippen molar-refractivity contribution in [1.29, 1.82) is 0 Å². The second-order valence-corrected chi connectivity index (χ2v) is 11.2. The molecule has 0 saturated carbocycles. The lowest BCUT2D eigenvalue weighted by atomic mass is 9.68. The molecule has 1 heterocycles. The number of hydrogen-bond acceptors (Lipinski definition) is 4. The highest BCUT2D eigenvalue weighted by atomic mass is 16.3. The first kappa shape index (κ1) is 24.1. The zero-order chi connectivity index (χ0) is 23.6. The minimum atomic E-state index is 0.111. The number of aromatic hydroxyl groups is 2. The molecule has 1 fully saturated rings. The maximum atomic E-state index is 9.98. The third-order valence-electron chi connectivity index (χ3n) is 8.52. The van der Waals surface area contributed by atoms with Crippen molar-refractivity contribution in [2.75, 3.05) is 26.2 Å². The topological polar surface area (TPSA) is 55.7 Å². The molecule has 1 aliphatic carbocycles. The van der Waals surface area contributed by atoms with Gasteiger partial charge in [0.25, 0.3) is 0 Å². The molecule has 1 saturated heterocycles. The molecular weight excluding hydrogens is 408 g/mol. The average molecular weight is 451 g/mol. The Morgan fingerprint density at radius 1 is 1.09 bits per heavy atom. The van der Waals surface area contributed by atoms with Crippen LogP contribution in [0.4, 0.5) is 0 Å². The van der Waals surface area contributed by atoms with Crippen LogP contribution in [-0.4, -0.2) is 47.3 Å². The lowest BCUT2D eigenvalue weighted by Gasteiger charge is -2.46. The van der Waals surface area contributed by atoms with Crippen molar-refractivity contribution in [2.24, 2.45) is 17.8 Å². The lowest BCUT2D eigenvalue weighted by Crippen LogP contribution is -2.52. The van der Waals surface area contributed by atoms with Gasteiger partial charge in [0.1, 0.15) is 11.5 Å². The van der Waals surface area contributed by atoms with E-state index in [1.54, 1.807) is 6.07 Å². The van der Waals surface area contributed by atoms with Crippen LogP contribution in [0.1, 0.15) is 57.2 Å². The lowest BCUT2D eigenvalue weighted by molar-refractivity contribution is 0.0948. The van der Waals surface area contributed by atoms with Crippen molar-refractivity contribution in [2.45, 2.75) is 64.8 Å². The van der Waals surface area contributed by atoms with Crippen molar-refractivity contribution in [3.8, 4) is 11.5 Å². The van der Waals surface area contributed by atoms with E-state index >= 15 is 0 Å². The van der Waals surface area contributed by atoms with Crippen LogP contribution in [0.2, 0.25) is 0 Å². The number of rotatable bonds is 7. The molecule has 1 aliphatic heterocycles. The number of fused-ring (bicyclic) bond motifs is 1. The number of likely N-dealkylation sites (tertiary alicyclic amines) is 1. The molecule has 2 aromatic carbocycles. The minimum absolute atomic E-state index is 0.111. The van der Waals surface area contributed by atoms with E-state index in [9.17, 15) is 10.2 Å². The van der Waals surface area contributed by atoms with Crippen LogP contribution in [0.3, 0.4) is 0 Å². The highest BCUT2D eigenvalue weighted by Crippen LogP contribution is 2.40. The van der Waals surface area contributed by atoms with Gasteiger partial charge in [-0.25, -0.2) is 0 Å². The predicted molar refractivity (Wildman–Crippen MR) is 136 cm³/mol. The molecule has 0 bridgehead atoms. The summed E-state index contributed by atoms with van der Waals surface area (Å²) in [5, 5.41) is 23.7. The molecule has 4 atom stereocenters. The molecule has 0 spiro atoms. The summed E-state index contributed by atoms with van der Waals surface area (Å²) in [4.78, 5) is 2.64. The zero-order valence-corrected chi connectivity index (χ0v) is 20.8. The van der Waals surface area contributed by atoms with Gasteiger partial charge in [-0.1, -0.05) is 45.9 Å². The van der Waals surface area contributed by atoms with Crippen molar-refractivity contribution < 1.29 is 10.2 Å². The number of benzene rings is 2. The summed E-state index contributed by atoms with van der Waals surface area (Å²) < 4.78 is 0. The number of nitrogens with one attached hydrogen (secondary N) is 1. The fourth-order valence-corrected chi connectivity index (χ4v) is 5.87.